The van der Waals surface area contributed by atoms with Crippen LogP contribution in [0.3, 0.4) is 0 Å². The Morgan fingerprint density at radius 2 is 0.855 bits per heavy atom. The van der Waals surface area contributed by atoms with Gasteiger partial charge >= 0.3 is 5.97 Å². The van der Waals surface area contributed by atoms with Gasteiger partial charge in [-0.2, -0.15) is 0 Å². The van der Waals surface area contributed by atoms with Crippen LogP contribution in [0.5, 0.6) is 0 Å². The zero-order valence-corrected chi connectivity index (χ0v) is 47.1. The lowest BCUT2D eigenvalue weighted by molar-refractivity contribution is -0.155. The summed E-state index contributed by atoms with van der Waals surface area (Å²) < 4.78 is 18.6. The summed E-state index contributed by atoms with van der Waals surface area (Å²) in [5.74, 6) is 0.889. The second-order valence-electron chi connectivity index (χ2n) is 24.1. The van der Waals surface area contributed by atoms with Crippen molar-refractivity contribution >= 4 is 50.2 Å². The van der Waals surface area contributed by atoms with Crippen LogP contribution in [0.25, 0.3) is 32.7 Å². The minimum absolute atomic E-state index is 0.0129. The smallest absolute Gasteiger partial charge is 0.335 e. The number of rotatable bonds is 13. The van der Waals surface area contributed by atoms with Crippen LogP contribution in [0.2, 0.25) is 0 Å². The number of carbonyl (C=O) groups excluding carboxylic acids is 2. The second kappa shape index (κ2) is 22.9. The summed E-state index contributed by atoms with van der Waals surface area (Å²) in [5.41, 5.74) is 18.1. The molecule has 424 valence electrons. The fraction of sp³-hybridized carbons (Fsp3) is 0.357. The van der Waals surface area contributed by atoms with Crippen molar-refractivity contribution in [3.63, 3.8) is 0 Å². The van der Waals surface area contributed by atoms with Crippen LogP contribution >= 0.6 is 0 Å². The average molecular weight is 1110 g/mol. The number of aromatic carboxylic acids is 1. The Balaban J connectivity index is 0.000000112. The summed E-state index contributed by atoms with van der Waals surface area (Å²) in [7, 11) is 0. The van der Waals surface area contributed by atoms with Crippen LogP contribution in [0.1, 0.15) is 138 Å². The van der Waals surface area contributed by atoms with Gasteiger partial charge in [-0.3, -0.25) is 24.3 Å². The largest absolute Gasteiger partial charge is 0.478 e. The average Bonchev–Trinajstić information content (AvgIpc) is 2.79. The molecule has 83 heavy (non-hydrogen) atoms. The number of ether oxygens (including phenoxy) is 2. The van der Waals surface area contributed by atoms with Crippen molar-refractivity contribution in [3.8, 4) is 0 Å². The summed E-state index contributed by atoms with van der Waals surface area (Å²) in [4.78, 5) is 43.0. The summed E-state index contributed by atoms with van der Waals surface area (Å²) >= 11 is 0. The maximum Gasteiger partial charge on any atom is 0.335 e. The molecule has 0 aliphatic carbocycles. The SMILES string of the molecule is O=C(CO)c1ccc(Cn2c3c(c4ccccc42)C2CCN(C3)C2)cc1.O=C(COC1CCCCO1)c1ccc(Cn2c3c(c4ccccc42)C2CCN(C3)C2)cc1.O=C(O)c1ccc(Cn2c3c(c4ccccc42)C2CCN(C3)C2)cc1. The van der Waals surface area contributed by atoms with Crippen LogP contribution in [-0.4, -0.2) is 122 Å². The topological polar surface area (TPSA) is 135 Å². The van der Waals surface area contributed by atoms with Crippen molar-refractivity contribution in [3.05, 3.63) is 213 Å². The summed E-state index contributed by atoms with van der Waals surface area (Å²) in [5, 5.41) is 22.3. The number of carboxylic acid groups (broad SMARTS) is 1. The molecule has 7 atom stereocenters. The lowest BCUT2D eigenvalue weighted by atomic mass is 9.93. The summed E-state index contributed by atoms with van der Waals surface area (Å²) in [6.07, 6.45) is 6.61. The molecule has 4 fully saturated rings. The van der Waals surface area contributed by atoms with E-state index < -0.39 is 12.6 Å². The molecule has 3 aromatic heterocycles. The Hall–Kier alpha value is -7.49. The molecule has 4 saturated heterocycles. The van der Waals surface area contributed by atoms with Gasteiger partial charge in [-0.05, 0) is 122 Å². The summed E-state index contributed by atoms with van der Waals surface area (Å²) in [6, 6.07) is 49.2. The third-order valence-electron chi connectivity index (χ3n) is 19.0. The fourth-order valence-electron chi connectivity index (χ4n) is 14.9. The second-order valence-corrected chi connectivity index (χ2v) is 24.1. The van der Waals surface area contributed by atoms with E-state index in [4.69, 9.17) is 19.7 Å². The van der Waals surface area contributed by atoms with E-state index >= 15 is 0 Å². The number of aliphatic hydroxyl groups is 1. The lowest BCUT2D eigenvalue weighted by Crippen LogP contribution is -2.26. The zero-order valence-electron chi connectivity index (χ0n) is 47.1. The number of para-hydroxylation sites is 3. The molecular formula is C70H72N6O7. The Labute approximate surface area is 484 Å². The van der Waals surface area contributed by atoms with E-state index in [-0.39, 0.29) is 24.5 Å². The van der Waals surface area contributed by atoms with E-state index in [0.717, 1.165) is 70.7 Å². The number of carboxylic acids is 1. The van der Waals surface area contributed by atoms with E-state index in [9.17, 15) is 14.4 Å². The molecule has 6 bridgehead atoms. The van der Waals surface area contributed by atoms with E-state index in [1.807, 2.05) is 48.5 Å². The first-order chi connectivity index (χ1) is 40.7. The number of benzene rings is 6. The molecule has 0 radical (unpaired) electrons. The van der Waals surface area contributed by atoms with Gasteiger partial charge < -0.3 is 33.4 Å². The van der Waals surface area contributed by atoms with Crippen LogP contribution in [0.4, 0.5) is 0 Å². The van der Waals surface area contributed by atoms with Gasteiger partial charge in [-0.15, -0.1) is 0 Å². The molecule has 6 aromatic carbocycles. The molecule has 7 aliphatic rings. The molecule has 7 unspecified atom stereocenters. The first-order valence-electron chi connectivity index (χ1n) is 30.1. The molecule has 0 saturated carbocycles. The van der Waals surface area contributed by atoms with E-state index in [1.165, 1.54) is 119 Å². The first-order valence-corrected chi connectivity index (χ1v) is 30.1. The minimum Gasteiger partial charge on any atom is -0.478 e. The number of Topliss-reactive ketones (excluding diaryl/α,β-unsaturated/α-hetero) is 2. The molecule has 16 rings (SSSR count). The standard InChI is InChI=1S/C27H30N2O3.C22H22N2O2.C21H20N2O2/c30-25(18-32-26-7-3-4-14-31-26)20-10-8-19(9-11-20)15-29-23-6-2-1-5-22(23)27-21-12-13-28(16-21)17-24(27)29;25-14-21(26)16-7-5-15(6-8-16)11-24-19-4-2-1-3-18(19)22-17-9-10-23(12-17)13-20(22)24;24-21(25)15-7-5-14(6-8-15)11-23-18-4-2-1-3-17(18)20-16-9-10-22(12-16)13-19(20)23/h1-2,5-6,8-11,21,26H,3-4,7,12-18H2;1-8,17,25H,9-14H2;1-8,16H,9-13H2,(H,24,25). The van der Waals surface area contributed by atoms with Crippen molar-refractivity contribution in [1.29, 1.82) is 0 Å². The number of fused-ring (bicyclic) bond motifs is 18. The van der Waals surface area contributed by atoms with E-state index in [0.29, 0.717) is 34.4 Å². The molecule has 13 nitrogen and oxygen atoms in total. The van der Waals surface area contributed by atoms with Gasteiger partial charge in [-0.25, -0.2) is 4.79 Å². The van der Waals surface area contributed by atoms with Gasteiger partial charge in [0.25, 0.3) is 0 Å². The van der Waals surface area contributed by atoms with Crippen LogP contribution in [0, 0.1) is 0 Å². The van der Waals surface area contributed by atoms with Crippen LogP contribution in [-0.2, 0) is 48.7 Å². The number of ketones is 2. The zero-order chi connectivity index (χ0) is 56.1. The fourth-order valence-corrected chi connectivity index (χ4v) is 14.9. The van der Waals surface area contributed by atoms with Crippen molar-refractivity contribution < 1.29 is 34.1 Å². The monoisotopic (exact) mass is 1110 g/mol. The molecule has 9 aromatic rings. The third-order valence-corrected chi connectivity index (χ3v) is 19.0. The molecule has 0 amide bonds. The maximum atomic E-state index is 12.6. The first kappa shape index (κ1) is 53.5. The Morgan fingerprint density at radius 1 is 0.470 bits per heavy atom. The highest BCUT2D eigenvalue weighted by atomic mass is 16.7. The number of hydrogen-bond acceptors (Lipinski definition) is 9. The van der Waals surface area contributed by atoms with Gasteiger partial charge in [0.15, 0.2) is 17.9 Å². The van der Waals surface area contributed by atoms with Crippen molar-refractivity contribution in [2.75, 3.05) is 59.1 Å². The predicted molar refractivity (Wildman–Crippen MR) is 323 cm³/mol. The number of aromatic nitrogens is 3. The van der Waals surface area contributed by atoms with Crippen molar-refractivity contribution in [2.45, 2.75) is 102 Å². The molecule has 13 heteroatoms. The van der Waals surface area contributed by atoms with Crippen molar-refractivity contribution in [2.24, 2.45) is 0 Å². The third kappa shape index (κ3) is 10.5. The van der Waals surface area contributed by atoms with Gasteiger partial charge in [0.1, 0.15) is 13.2 Å². The number of nitrogens with zero attached hydrogens (tertiary/aromatic N) is 6. The maximum absolute atomic E-state index is 12.6. The Morgan fingerprint density at radius 3 is 1.23 bits per heavy atom. The van der Waals surface area contributed by atoms with E-state index in [1.54, 1.807) is 28.8 Å². The van der Waals surface area contributed by atoms with Gasteiger partial charge in [0.05, 0.1) is 5.56 Å². The Kier molecular flexibility index (Phi) is 14.8. The van der Waals surface area contributed by atoms with Gasteiger partial charge in [0, 0.05) is 144 Å². The van der Waals surface area contributed by atoms with Gasteiger partial charge in [0.2, 0.25) is 0 Å². The summed E-state index contributed by atoms with van der Waals surface area (Å²) in [6.45, 7) is 13.1. The lowest BCUT2D eigenvalue weighted by Gasteiger charge is -2.25. The predicted octanol–water partition coefficient (Wildman–Crippen LogP) is 11.6. The number of hydrogen-bond donors (Lipinski definition) is 2. The molecule has 10 heterocycles. The molecule has 0 spiro atoms. The molecule has 7 aliphatic heterocycles. The number of aliphatic hydroxyl groups excluding tert-OH is 1. The van der Waals surface area contributed by atoms with Gasteiger partial charge in [-0.1, -0.05) is 115 Å². The highest BCUT2D eigenvalue weighted by Crippen LogP contribution is 2.45. The Bertz CT molecular complexity index is 3890. The number of carbonyl (C=O) groups is 3. The van der Waals surface area contributed by atoms with Crippen LogP contribution < -0.4 is 0 Å². The highest BCUT2D eigenvalue weighted by Gasteiger charge is 2.38. The van der Waals surface area contributed by atoms with Crippen molar-refractivity contribution in [1.82, 2.24) is 28.4 Å². The minimum atomic E-state index is -0.875. The van der Waals surface area contributed by atoms with Crippen LogP contribution in [0.15, 0.2) is 146 Å². The normalized spacial score (nSPS) is 22.5. The quantitative estimate of drug-likeness (QED) is 0.107. The molecular weight excluding hydrogens is 1040 g/mol. The van der Waals surface area contributed by atoms with E-state index in [2.05, 4.69) is 113 Å². The molecule has 2 N–H and O–H groups in total. The highest BCUT2D eigenvalue weighted by molar-refractivity contribution is 5.97.